The Morgan fingerprint density at radius 1 is 1.31 bits per heavy atom. The molecule has 1 aromatic carbocycles. The zero-order valence-electron chi connectivity index (χ0n) is 7.50. The van der Waals surface area contributed by atoms with Crippen molar-refractivity contribution in [1.82, 2.24) is 0 Å². The molecule has 1 nitrogen and oxygen atoms in total. The topological polar surface area (TPSA) is 17.1 Å². The summed E-state index contributed by atoms with van der Waals surface area (Å²) in [6.07, 6.45) is 0. The third kappa shape index (κ3) is 2.63. The van der Waals surface area contributed by atoms with Crippen LogP contribution in [0.15, 0.2) is 24.3 Å². The molecular formula is C9H11F2OP. The van der Waals surface area contributed by atoms with Crippen LogP contribution < -0.4 is 5.30 Å². The van der Waals surface area contributed by atoms with Crippen molar-refractivity contribution in [3.63, 3.8) is 0 Å². The van der Waals surface area contributed by atoms with Crippen LogP contribution in [-0.2, 0) is 4.57 Å². The molecule has 0 aliphatic carbocycles. The second-order valence-electron chi connectivity index (χ2n) is 3.21. The molecule has 0 amide bonds. The largest absolute Gasteiger partial charge is 0.433 e. The molecule has 0 atom stereocenters. The number of benzene rings is 1. The molecule has 1 rings (SSSR count). The highest BCUT2D eigenvalue weighted by Crippen LogP contribution is 2.47. The monoisotopic (exact) mass is 204 g/mol. The second-order valence-corrected chi connectivity index (χ2v) is 4.65. The van der Waals surface area contributed by atoms with Crippen molar-refractivity contribution in [2.75, 3.05) is 0 Å². The van der Waals surface area contributed by atoms with Crippen molar-refractivity contribution in [2.45, 2.75) is 19.8 Å². The normalized spacial score (nSPS) is 12.1. The molecule has 0 saturated carbocycles. The molecular weight excluding hydrogens is 193 g/mol. The lowest BCUT2D eigenvalue weighted by atomic mass is 10.0. The Hall–Kier alpha value is -0.690. The summed E-state index contributed by atoms with van der Waals surface area (Å²) in [5.74, 6) is 0.173. The first-order valence-electron chi connectivity index (χ1n) is 4.01. The number of hydrogen-bond donors (Lipinski definition) is 0. The average Bonchev–Trinajstić information content (AvgIpc) is 2.03. The van der Waals surface area contributed by atoms with Gasteiger partial charge in [-0.25, -0.2) is 4.57 Å². The summed E-state index contributed by atoms with van der Waals surface area (Å²) in [6, 6.07) is 5.78. The van der Waals surface area contributed by atoms with Gasteiger partial charge in [0.2, 0.25) is 0 Å². The van der Waals surface area contributed by atoms with Gasteiger partial charge in [0.15, 0.2) is 0 Å². The lowest BCUT2D eigenvalue weighted by Crippen LogP contribution is -2.00. The van der Waals surface area contributed by atoms with Crippen molar-refractivity contribution >= 4 is 13.1 Å². The quantitative estimate of drug-likeness (QED) is 0.673. The number of rotatable bonds is 2. The smallest absolute Gasteiger partial charge is 0.244 e. The fourth-order valence-electron chi connectivity index (χ4n) is 1.05. The molecule has 0 aliphatic rings. The van der Waals surface area contributed by atoms with Crippen LogP contribution in [0.4, 0.5) is 8.39 Å². The minimum absolute atomic E-state index is 0.173. The highest BCUT2D eigenvalue weighted by Gasteiger charge is 2.22. The first-order valence-corrected chi connectivity index (χ1v) is 5.50. The van der Waals surface area contributed by atoms with Crippen molar-refractivity contribution in [1.29, 1.82) is 0 Å². The lowest BCUT2D eigenvalue weighted by Gasteiger charge is -2.06. The third-order valence-electron chi connectivity index (χ3n) is 1.84. The average molecular weight is 204 g/mol. The van der Waals surface area contributed by atoms with Crippen LogP contribution in [0.3, 0.4) is 0 Å². The molecule has 0 spiro atoms. The third-order valence-corrected chi connectivity index (χ3v) is 2.72. The van der Waals surface area contributed by atoms with E-state index in [2.05, 4.69) is 0 Å². The molecule has 72 valence electrons. The van der Waals surface area contributed by atoms with Gasteiger partial charge in [0.1, 0.15) is 0 Å². The van der Waals surface area contributed by atoms with Gasteiger partial charge in [-0.1, -0.05) is 26.0 Å². The standard InChI is InChI=1S/C9H11F2OP/c1-7(2)8-4-3-5-9(6-8)13(10,11)12/h3-7H,1-2H3. The Bertz CT molecular complexity index is 343. The first kappa shape index (κ1) is 10.4. The Labute approximate surface area is 76.4 Å². The fraction of sp³-hybridized carbons (Fsp3) is 0.333. The molecule has 0 bridgehead atoms. The van der Waals surface area contributed by atoms with E-state index in [1.54, 1.807) is 6.07 Å². The van der Waals surface area contributed by atoms with Gasteiger partial charge < -0.3 is 0 Å². The van der Waals surface area contributed by atoms with Crippen molar-refractivity contribution in [3.05, 3.63) is 29.8 Å². The summed E-state index contributed by atoms with van der Waals surface area (Å²) < 4.78 is 35.4. The van der Waals surface area contributed by atoms with Gasteiger partial charge in [0, 0.05) is 0 Å². The summed E-state index contributed by atoms with van der Waals surface area (Å²) in [4.78, 5) is 0. The first-order chi connectivity index (χ1) is 5.91. The Kier molecular flexibility index (Phi) is 2.87. The predicted octanol–water partition coefficient (Wildman–Crippen LogP) is 3.57. The molecule has 1 aromatic rings. The summed E-state index contributed by atoms with van der Waals surface area (Å²) in [6.45, 7) is 3.81. The Morgan fingerprint density at radius 2 is 1.92 bits per heavy atom. The van der Waals surface area contributed by atoms with E-state index < -0.39 is 7.76 Å². The predicted molar refractivity (Wildman–Crippen MR) is 50.0 cm³/mol. The van der Waals surface area contributed by atoms with Gasteiger partial charge in [0.25, 0.3) is 0 Å². The van der Waals surface area contributed by atoms with Crippen LogP contribution in [0.2, 0.25) is 0 Å². The van der Waals surface area contributed by atoms with Gasteiger partial charge in [-0.15, -0.1) is 8.39 Å². The molecule has 0 aromatic heterocycles. The van der Waals surface area contributed by atoms with Crippen LogP contribution >= 0.6 is 7.76 Å². The zero-order chi connectivity index (χ0) is 10.1. The van der Waals surface area contributed by atoms with Crippen LogP contribution in [0.5, 0.6) is 0 Å². The van der Waals surface area contributed by atoms with Gasteiger partial charge in [-0.3, -0.25) is 0 Å². The fourth-order valence-corrected chi connectivity index (χ4v) is 1.60. The highest BCUT2D eigenvalue weighted by atomic mass is 31.2. The molecule has 4 heteroatoms. The molecule has 0 N–H and O–H groups in total. The van der Waals surface area contributed by atoms with Crippen LogP contribution in [0.1, 0.15) is 25.3 Å². The van der Waals surface area contributed by atoms with Crippen LogP contribution in [0.25, 0.3) is 0 Å². The Morgan fingerprint density at radius 3 is 2.38 bits per heavy atom. The second kappa shape index (κ2) is 3.59. The maximum atomic E-state index is 12.5. The van der Waals surface area contributed by atoms with Gasteiger partial charge in [-0.05, 0) is 23.6 Å². The minimum Gasteiger partial charge on any atom is -0.244 e. The summed E-state index contributed by atoms with van der Waals surface area (Å²) >= 11 is 0. The maximum absolute atomic E-state index is 12.5. The van der Waals surface area contributed by atoms with E-state index in [1.165, 1.54) is 18.2 Å². The van der Waals surface area contributed by atoms with E-state index in [9.17, 15) is 13.0 Å². The van der Waals surface area contributed by atoms with Gasteiger partial charge >= 0.3 is 7.76 Å². The molecule has 13 heavy (non-hydrogen) atoms. The van der Waals surface area contributed by atoms with Crippen molar-refractivity contribution in [3.8, 4) is 0 Å². The van der Waals surface area contributed by atoms with E-state index in [-0.39, 0.29) is 11.2 Å². The number of hydrogen-bond acceptors (Lipinski definition) is 1. The zero-order valence-corrected chi connectivity index (χ0v) is 8.39. The lowest BCUT2D eigenvalue weighted by molar-refractivity contribution is 0.507. The summed E-state index contributed by atoms with van der Waals surface area (Å²) in [5.41, 5.74) is 0.785. The van der Waals surface area contributed by atoms with Gasteiger partial charge in [-0.2, -0.15) is 0 Å². The molecule has 0 radical (unpaired) electrons. The molecule has 0 aliphatic heterocycles. The van der Waals surface area contributed by atoms with Crippen molar-refractivity contribution < 1.29 is 13.0 Å². The van der Waals surface area contributed by atoms with Crippen LogP contribution in [-0.4, -0.2) is 0 Å². The SMILES string of the molecule is CC(C)c1cccc(P(=O)(F)F)c1. The molecule has 0 unspecified atom stereocenters. The summed E-state index contributed by atoms with van der Waals surface area (Å²) in [5, 5.41) is -0.348. The molecule has 0 saturated heterocycles. The van der Waals surface area contributed by atoms with E-state index in [4.69, 9.17) is 0 Å². The molecule has 0 heterocycles. The minimum atomic E-state index is -5.08. The highest BCUT2D eigenvalue weighted by molar-refractivity contribution is 7.61. The Balaban J connectivity index is 3.13. The van der Waals surface area contributed by atoms with E-state index in [0.717, 1.165) is 5.56 Å². The maximum Gasteiger partial charge on any atom is 0.433 e. The molecule has 0 fully saturated rings. The van der Waals surface area contributed by atoms with Crippen LogP contribution in [0, 0.1) is 0 Å². The number of halogens is 2. The van der Waals surface area contributed by atoms with E-state index in [1.807, 2.05) is 13.8 Å². The van der Waals surface area contributed by atoms with E-state index in [0.29, 0.717) is 0 Å². The van der Waals surface area contributed by atoms with Crippen molar-refractivity contribution in [2.24, 2.45) is 0 Å². The summed E-state index contributed by atoms with van der Waals surface area (Å²) in [7, 11) is -5.08. The van der Waals surface area contributed by atoms with Gasteiger partial charge in [0.05, 0.1) is 5.30 Å². The van der Waals surface area contributed by atoms with E-state index >= 15 is 0 Å².